The zero-order chi connectivity index (χ0) is 11.6. The van der Waals surface area contributed by atoms with Crippen LogP contribution in [0.3, 0.4) is 0 Å². The third kappa shape index (κ3) is 2.95. The van der Waals surface area contributed by atoms with Gasteiger partial charge in [-0.2, -0.15) is 0 Å². The number of rotatable bonds is 2. The van der Waals surface area contributed by atoms with Crippen molar-refractivity contribution < 1.29 is 9.53 Å². The van der Waals surface area contributed by atoms with E-state index in [4.69, 9.17) is 16.3 Å². The number of carbonyl (C=O) groups excluding carboxylic acids is 1. The maximum absolute atomic E-state index is 11.7. The van der Waals surface area contributed by atoms with Crippen LogP contribution in [0.2, 0.25) is 4.34 Å². The van der Waals surface area contributed by atoms with E-state index >= 15 is 0 Å². The van der Waals surface area contributed by atoms with E-state index < -0.39 is 0 Å². The molecular formula is C11H15ClO2S. The number of esters is 1. The Morgan fingerprint density at radius 3 is 2.40 bits per heavy atom. The van der Waals surface area contributed by atoms with Crippen LogP contribution in [0.15, 0.2) is 12.1 Å². The lowest BCUT2D eigenvalue weighted by molar-refractivity contribution is -0.145. The third-order valence-electron chi connectivity index (χ3n) is 2.18. The van der Waals surface area contributed by atoms with Gasteiger partial charge in [0, 0.05) is 4.88 Å². The van der Waals surface area contributed by atoms with Gasteiger partial charge in [0.05, 0.1) is 17.4 Å². The molecule has 0 aliphatic heterocycles. The lowest BCUT2D eigenvalue weighted by Gasteiger charge is -2.27. The summed E-state index contributed by atoms with van der Waals surface area (Å²) in [4.78, 5) is 12.7. The van der Waals surface area contributed by atoms with E-state index in [1.807, 2.05) is 32.9 Å². The van der Waals surface area contributed by atoms with Crippen molar-refractivity contribution >= 4 is 28.9 Å². The van der Waals surface area contributed by atoms with Crippen LogP contribution in [0.4, 0.5) is 0 Å². The summed E-state index contributed by atoms with van der Waals surface area (Å²) in [5, 5.41) is 0. The van der Waals surface area contributed by atoms with E-state index in [9.17, 15) is 4.79 Å². The molecule has 0 amide bonds. The number of hydrogen-bond acceptors (Lipinski definition) is 3. The van der Waals surface area contributed by atoms with Crippen LogP contribution in [0.1, 0.15) is 31.6 Å². The first kappa shape index (κ1) is 12.5. The van der Waals surface area contributed by atoms with Crippen molar-refractivity contribution in [3.05, 3.63) is 21.3 Å². The largest absolute Gasteiger partial charge is 0.469 e. The molecule has 0 saturated heterocycles. The van der Waals surface area contributed by atoms with Crippen molar-refractivity contribution in [2.45, 2.75) is 26.7 Å². The fraction of sp³-hybridized carbons (Fsp3) is 0.545. The van der Waals surface area contributed by atoms with Crippen LogP contribution in [-0.4, -0.2) is 13.1 Å². The van der Waals surface area contributed by atoms with Crippen molar-refractivity contribution in [2.75, 3.05) is 7.11 Å². The second-order valence-electron chi connectivity index (χ2n) is 4.46. The number of carbonyl (C=O) groups is 1. The maximum Gasteiger partial charge on any atom is 0.314 e. The second-order valence-corrected chi connectivity index (χ2v) is 6.21. The molecule has 0 N–H and O–H groups in total. The van der Waals surface area contributed by atoms with Gasteiger partial charge in [0.2, 0.25) is 0 Å². The summed E-state index contributed by atoms with van der Waals surface area (Å²) < 4.78 is 5.52. The molecule has 15 heavy (non-hydrogen) atoms. The van der Waals surface area contributed by atoms with E-state index in [0.717, 1.165) is 4.88 Å². The van der Waals surface area contributed by atoms with E-state index in [-0.39, 0.29) is 17.3 Å². The van der Waals surface area contributed by atoms with E-state index in [1.165, 1.54) is 18.4 Å². The number of ether oxygens (including phenoxy) is 1. The first-order chi connectivity index (χ1) is 6.86. The molecule has 0 spiro atoms. The highest BCUT2D eigenvalue weighted by molar-refractivity contribution is 7.16. The Morgan fingerprint density at radius 2 is 2.07 bits per heavy atom. The SMILES string of the molecule is COC(=O)C(c1ccc(Cl)s1)C(C)(C)C. The molecule has 84 valence electrons. The monoisotopic (exact) mass is 246 g/mol. The van der Waals surface area contributed by atoms with Crippen molar-refractivity contribution in [1.82, 2.24) is 0 Å². The summed E-state index contributed by atoms with van der Waals surface area (Å²) in [7, 11) is 1.41. The molecule has 1 aromatic heterocycles. The molecule has 4 heteroatoms. The number of hydrogen-bond donors (Lipinski definition) is 0. The Morgan fingerprint density at radius 1 is 1.47 bits per heavy atom. The average Bonchev–Trinajstić information content (AvgIpc) is 2.49. The molecule has 0 aromatic carbocycles. The Balaban J connectivity index is 3.07. The molecular weight excluding hydrogens is 232 g/mol. The quantitative estimate of drug-likeness (QED) is 0.744. The molecule has 0 bridgehead atoms. The van der Waals surface area contributed by atoms with Gasteiger partial charge in [0.25, 0.3) is 0 Å². The number of halogens is 1. The topological polar surface area (TPSA) is 26.3 Å². The van der Waals surface area contributed by atoms with E-state index in [0.29, 0.717) is 4.34 Å². The van der Waals surface area contributed by atoms with Crippen LogP contribution >= 0.6 is 22.9 Å². The highest BCUT2D eigenvalue weighted by Crippen LogP contribution is 2.40. The number of thiophene rings is 1. The summed E-state index contributed by atoms with van der Waals surface area (Å²) >= 11 is 7.30. The average molecular weight is 247 g/mol. The van der Waals surface area contributed by atoms with Gasteiger partial charge in [-0.1, -0.05) is 32.4 Å². The molecule has 1 aromatic rings. The van der Waals surface area contributed by atoms with E-state index in [1.54, 1.807) is 0 Å². The fourth-order valence-electron chi connectivity index (χ4n) is 1.50. The summed E-state index contributed by atoms with van der Waals surface area (Å²) in [5.74, 6) is -0.457. The van der Waals surface area contributed by atoms with Crippen LogP contribution in [0.25, 0.3) is 0 Å². The van der Waals surface area contributed by atoms with Gasteiger partial charge in [-0.25, -0.2) is 0 Å². The Kier molecular flexibility index (Phi) is 3.79. The highest BCUT2D eigenvalue weighted by Gasteiger charge is 2.34. The highest BCUT2D eigenvalue weighted by atomic mass is 35.5. The van der Waals surface area contributed by atoms with Gasteiger partial charge < -0.3 is 4.74 Å². The van der Waals surface area contributed by atoms with Crippen LogP contribution in [0, 0.1) is 5.41 Å². The predicted molar refractivity (Wildman–Crippen MR) is 63.5 cm³/mol. The summed E-state index contributed by atoms with van der Waals surface area (Å²) in [6.45, 7) is 6.05. The molecule has 0 saturated carbocycles. The Bertz CT molecular complexity index is 352. The molecule has 1 heterocycles. The second kappa shape index (κ2) is 4.54. The maximum atomic E-state index is 11.7. The fourth-order valence-corrected chi connectivity index (χ4v) is 2.89. The molecule has 0 fully saturated rings. The molecule has 0 radical (unpaired) electrons. The van der Waals surface area contributed by atoms with Crippen molar-refractivity contribution in [3.8, 4) is 0 Å². The van der Waals surface area contributed by atoms with Crippen molar-refractivity contribution in [2.24, 2.45) is 5.41 Å². The van der Waals surface area contributed by atoms with Crippen LogP contribution < -0.4 is 0 Å². The molecule has 0 aliphatic rings. The van der Waals surface area contributed by atoms with Crippen molar-refractivity contribution in [1.29, 1.82) is 0 Å². The standard InChI is InChI=1S/C11H15ClO2S/c1-11(2,3)9(10(13)14-4)7-5-6-8(12)15-7/h5-6,9H,1-4H3. The van der Waals surface area contributed by atoms with Crippen LogP contribution in [-0.2, 0) is 9.53 Å². The van der Waals surface area contributed by atoms with Gasteiger partial charge in [-0.05, 0) is 17.5 Å². The lowest BCUT2D eigenvalue weighted by atomic mass is 9.80. The van der Waals surface area contributed by atoms with Gasteiger partial charge in [0.1, 0.15) is 0 Å². The minimum absolute atomic E-state index is 0.165. The molecule has 2 nitrogen and oxygen atoms in total. The Hall–Kier alpha value is -0.540. The minimum Gasteiger partial charge on any atom is -0.469 e. The molecule has 0 aliphatic carbocycles. The Labute approximate surface area is 99.2 Å². The van der Waals surface area contributed by atoms with Crippen LogP contribution in [0.5, 0.6) is 0 Å². The smallest absolute Gasteiger partial charge is 0.314 e. The first-order valence-electron chi connectivity index (χ1n) is 4.69. The summed E-state index contributed by atoms with van der Waals surface area (Å²) in [6, 6.07) is 3.70. The van der Waals surface area contributed by atoms with Gasteiger partial charge >= 0.3 is 5.97 Å². The molecule has 1 atom stereocenters. The first-order valence-corrected chi connectivity index (χ1v) is 5.88. The normalized spacial score (nSPS) is 13.7. The molecule has 1 unspecified atom stereocenters. The van der Waals surface area contributed by atoms with Gasteiger partial charge in [-0.15, -0.1) is 11.3 Å². The summed E-state index contributed by atoms with van der Waals surface area (Å²) in [6.07, 6.45) is 0. The molecule has 1 rings (SSSR count). The zero-order valence-corrected chi connectivity index (χ0v) is 10.9. The van der Waals surface area contributed by atoms with Crippen molar-refractivity contribution in [3.63, 3.8) is 0 Å². The zero-order valence-electron chi connectivity index (χ0n) is 9.33. The third-order valence-corrected chi connectivity index (χ3v) is 3.48. The lowest BCUT2D eigenvalue weighted by Crippen LogP contribution is -2.26. The van der Waals surface area contributed by atoms with Gasteiger partial charge in [-0.3, -0.25) is 4.79 Å². The van der Waals surface area contributed by atoms with E-state index in [2.05, 4.69) is 0 Å². The minimum atomic E-state index is -0.250. The predicted octanol–water partition coefficient (Wildman–Crippen LogP) is 3.70. The van der Waals surface area contributed by atoms with Gasteiger partial charge in [0.15, 0.2) is 0 Å². The number of methoxy groups -OCH3 is 1. The summed E-state index contributed by atoms with van der Waals surface area (Å²) in [5.41, 5.74) is -0.165.